The second-order valence-corrected chi connectivity index (χ2v) is 3.96. The predicted molar refractivity (Wildman–Crippen MR) is 61.6 cm³/mol. The van der Waals surface area contributed by atoms with Crippen molar-refractivity contribution in [2.24, 2.45) is 11.5 Å². The number of primary amides is 1. The van der Waals surface area contributed by atoms with E-state index in [1.807, 2.05) is 6.26 Å². The lowest BCUT2D eigenvalue weighted by molar-refractivity contribution is -0.122. The number of amides is 3. The molecule has 3 amide bonds. The van der Waals surface area contributed by atoms with Crippen LogP contribution in [-0.4, -0.2) is 43.1 Å². The molecule has 0 aromatic rings. The molecular formula is C8H18N4O2S. The zero-order valence-electron chi connectivity index (χ0n) is 8.79. The molecule has 1 atom stereocenters. The largest absolute Gasteiger partial charge is 0.353 e. The molecule has 0 aromatic heterocycles. The molecule has 0 aromatic carbocycles. The molecule has 0 spiro atoms. The van der Waals surface area contributed by atoms with Gasteiger partial charge < -0.3 is 22.1 Å². The summed E-state index contributed by atoms with van der Waals surface area (Å²) in [6, 6.07) is -1.08. The van der Waals surface area contributed by atoms with Crippen molar-refractivity contribution in [3.63, 3.8) is 0 Å². The van der Waals surface area contributed by atoms with E-state index in [0.717, 1.165) is 5.75 Å². The van der Waals surface area contributed by atoms with Gasteiger partial charge in [0.05, 0.1) is 6.04 Å². The zero-order valence-corrected chi connectivity index (χ0v) is 9.60. The normalized spacial score (nSPS) is 11.9. The summed E-state index contributed by atoms with van der Waals surface area (Å²) < 4.78 is 0. The molecule has 0 rings (SSSR count). The Morgan fingerprint density at radius 3 is 2.47 bits per heavy atom. The highest BCUT2D eigenvalue weighted by Crippen LogP contribution is 1.98. The molecule has 7 heteroatoms. The van der Waals surface area contributed by atoms with E-state index < -0.39 is 12.1 Å². The smallest absolute Gasteiger partial charge is 0.312 e. The van der Waals surface area contributed by atoms with Gasteiger partial charge in [0, 0.05) is 13.1 Å². The van der Waals surface area contributed by atoms with E-state index in [1.165, 1.54) is 0 Å². The van der Waals surface area contributed by atoms with Crippen LogP contribution >= 0.6 is 11.8 Å². The fourth-order valence-corrected chi connectivity index (χ4v) is 1.37. The summed E-state index contributed by atoms with van der Waals surface area (Å²) in [7, 11) is 0. The number of carbonyl (C=O) groups is 2. The van der Waals surface area contributed by atoms with Gasteiger partial charge in [0.2, 0.25) is 5.91 Å². The minimum atomic E-state index is -0.601. The number of urea groups is 1. The first-order valence-corrected chi connectivity index (χ1v) is 6.03. The fourth-order valence-electron chi connectivity index (χ4n) is 0.878. The van der Waals surface area contributed by atoms with Crippen molar-refractivity contribution in [1.82, 2.24) is 10.6 Å². The summed E-state index contributed by atoms with van der Waals surface area (Å²) in [6.07, 6.45) is 2.61. The molecule has 0 aliphatic carbocycles. The number of rotatable bonds is 7. The van der Waals surface area contributed by atoms with E-state index in [2.05, 4.69) is 10.6 Å². The molecule has 0 saturated carbocycles. The minimum absolute atomic E-state index is 0.199. The minimum Gasteiger partial charge on any atom is -0.353 e. The lowest BCUT2D eigenvalue weighted by Gasteiger charge is -2.11. The number of carbonyl (C=O) groups excluding carboxylic acids is 2. The predicted octanol–water partition coefficient (Wildman–Crippen LogP) is -1.15. The van der Waals surface area contributed by atoms with Gasteiger partial charge in [-0.2, -0.15) is 11.8 Å². The van der Waals surface area contributed by atoms with Crippen LogP contribution < -0.4 is 22.1 Å². The van der Waals surface area contributed by atoms with Crippen molar-refractivity contribution in [3.05, 3.63) is 0 Å². The Balaban J connectivity index is 3.51. The Morgan fingerprint density at radius 1 is 1.33 bits per heavy atom. The van der Waals surface area contributed by atoms with Crippen LogP contribution in [0.5, 0.6) is 0 Å². The third kappa shape index (κ3) is 8.07. The number of hydrogen-bond donors (Lipinski definition) is 4. The molecule has 0 aliphatic heterocycles. The van der Waals surface area contributed by atoms with Crippen LogP contribution in [0.25, 0.3) is 0 Å². The monoisotopic (exact) mass is 234 g/mol. The molecule has 0 heterocycles. The molecule has 0 aliphatic rings. The summed E-state index contributed by atoms with van der Waals surface area (Å²) in [4.78, 5) is 21.6. The summed E-state index contributed by atoms with van der Waals surface area (Å²) in [6.45, 7) is 0.658. The maximum absolute atomic E-state index is 11.3. The van der Waals surface area contributed by atoms with Gasteiger partial charge in [-0.1, -0.05) is 0 Å². The summed E-state index contributed by atoms with van der Waals surface area (Å²) in [5.41, 5.74) is 10.5. The van der Waals surface area contributed by atoms with Crippen LogP contribution in [0, 0.1) is 0 Å². The summed E-state index contributed by atoms with van der Waals surface area (Å²) >= 11 is 1.65. The van der Waals surface area contributed by atoms with Gasteiger partial charge in [-0.3, -0.25) is 4.79 Å². The van der Waals surface area contributed by atoms with Crippen molar-refractivity contribution >= 4 is 23.7 Å². The van der Waals surface area contributed by atoms with Crippen LogP contribution in [0.15, 0.2) is 0 Å². The van der Waals surface area contributed by atoms with Gasteiger partial charge in [0.1, 0.15) is 0 Å². The average Bonchev–Trinajstić information content (AvgIpc) is 2.20. The molecule has 0 unspecified atom stereocenters. The maximum Gasteiger partial charge on any atom is 0.312 e. The van der Waals surface area contributed by atoms with Gasteiger partial charge in [-0.25, -0.2) is 4.79 Å². The molecule has 6 N–H and O–H groups in total. The third-order valence-electron chi connectivity index (χ3n) is 1.69. The first-order chi connectivity index (χ1) is 7.07. The molecule has 88 valence electrons. The van der Waals surface area contributed by atoms with E-state index in [4.69, 9.17) is 11.5 Å². The Bertz CT molecular complexity index is 213. The van der Waals surface area contributed by atoms with E-state index >= 15 is 0 Å². The van der Waals surface area contributed by atoms with E-state index in [9.17, 15) is 9.59 Å². The second kappa shape index (κ2) is 8.37. The first-order valence-electron chi connectivity index (χ1n) is 4.63. The molecule has 0 fully saturated rings. The van der Waals surface area contributed by atoms with Crippen LogP contribution in [0.1, 0.15) is 6.42 Å². The number of thioether (sulfide) groups is 1. The Morgan fingerprint density at radius 2 is 1.93 bits per heavy atom. The van der Waals surface area contributed by atoms with Crippen molar-refractivity contribution in [2.45, 2.75) is 12.5 Å². The molecule has 0 saturated heterocycles. The Hall–Kier alpha value is -0.950. The Kier molecular flexibility index (Phi) is 7.84. The number of hydrogen-bond acceptors (Lipinski definition) is 4. The lowest BCUT2D eigenvalue weighted by Crippen LogP contribution is -2.44. The van der Waals surface area contributed by atoms with Crippen molar-refractivity contribution < 1.29 is 9.59 Å². The van der Waals surface area contributed by atoms with Crippen LogP contribution in [0.3, 0.4) is 0 Å². The number of nitrogens with one attached hydrogen (secondary N) is 2. The van der Waals surface area contributed by atoms with Crippen LogP contribution in [0.4, 0.5) is 4.79 Å². The van der Waals surface area contributed by atoms with Crippen molar-refractivity contribution in [1.29, 1.82) is 0 Å². The first kappa shape index (κ1) is 14.1. The van der Waals surface area contributed by atoms with Crippen molar-refractivity contribution in [2.75, 3.05) is 25.1 Å². The molecule has 15 heavy (non-hydrogen) atoms. The molecule has 0 radical (unpaired) electrons. The van der Waals surface area contributed by atoms with Gasteiger partial charge >= 0.3 is 6.03 Å². The fraction of sp³-hybridized carbons (Fsp3) is 0.750. The topological polar surface area (TPSA) is 110 Å². The van der Waals surface area contributed by atoms with Crippen molar-refractivity contribution in [3.8, 4) is 0 Å². The highest BCUT2D eigenvalue weighted by molar-refractivity contribution is 7.98. The molecular weight excluding hydrogens is 216 g/mol. The highest BCUT2D eigenvalue weighted by atomic mass is 32.2. The van der Waals surface area contributed by atoms with Gasteiger partial charge in [-0.15, -0.1) is 0 Å². The number of nitrogens with two attached hydrogens (primary N) is 2. The van der Waals surface area contributed by atoms with Gasteiger partial charge in [-0.05, 0) is 18.4 Å². The summed E-state index contributed by atoms with van der Waals surface area (Å²) in [5.74, 6) is 0.657. The van der Waals surface area contributed by atoms with Gasteiger partial charge in [0.25, 0.3) is 0 Å². The van der Waals surface area contributed by atoms with E-state index in [-0.39, 0.29) is 5.91 Å². The van der Waals surface area contributed by atoms with E-state index in [1.54, 1.807) is 11.8 Å². The lowest BCUT2D eigenvalue weighted by atomic mass is 10.2. The quantitative estimate of drug-likeness (QED) is 0.417. The Labute approximate surface area is 93.5 Å². The zero-order chi connectivity index (χ0) is 11.7. The summed E-state index contributed by atoms with van der Waals surface area (Å²) in [5, 5.41) is 4.97. The van der Waals surface area contributed by atoms with Gasteiger partial charge in [0.15, 0.2) is 0 Å². The van der Waals surface area contributed by atoms with Crippen LogP contribution in [-0.2, 0) is 4.79 Å². The molecule has 6 nitrogen and oxygen atoms in total. The maximum atomic E-state index is 11.3. The SMILES string of the molecule is CSCC[C@H](N)C(=O)NCCNC(N)=O. The highest BCUT2D eigenvalue weighted by Gasteiger charge is 2.11. The van der Waals surface area contributed by atoms with E-state index in [0.29, 0.717) is 19.5 Å². The van der Waals surface area contributed by atoms with Crippen LogP contribution in [0.2, 0.25) is 0 Å². The third-order valence-corrected chi connectivity index (χ3v) is 2.34. The molecule has 0 bridgehead atoms. The standard InChI is InChI=1S/C8H18N4O2S/c1-15-5-2-6(9)7(13)11-3-4-12-8(10)14/h6H,2-5,9H2,1H3,(H,11,13)(H3,10,12,14)/t6-/m0/s1. The average molecular weight is 234 g/mol. The second-order valence-electron chi connectivity index (χ2n) is 2.97.